The van der Waals surface area contributed by atoms with Crippen molar-refractivity contribution in [2.45, 2.75) is 13.8 Å². The van der Waals surface area contributed by atoms with Gasteiger partial charge in [-0.3, -0.25) is 4.79 Å². The zero-order valence-corrected chi connectivity index (χ0v) is 11.0. The lowest BCUT2D eigenvalue weighted by Gasteiger charge is -2.10. The van der Waals surface area contributed by atoms with E-state index in [1.54, 1.807) is 12.1 Å². The molecule has 19 heavy (non-hydrogen) atoms. The smallest absolute Gasteiger partial charge is 0.153 e. The summed E-state index contributed by atoms with van der Waals surface area (Å²) in [6.07, 6.45) is 0.643. The van der Waals surface area contributed by atoms with Crippen molar-refractivity contribution in [3.8, 4) is 22.6 Å². The molecule has 2 aromatic carbocycles. The van der Waals surface area contributed by atoms with Crippen LogP contribution in [0.5, 0.6) is 11.5 Å². The molecular weight excluding hydrogens is 240 g/mol. The summed E-state index contributed by atoms with van der Waals surface area (Å²) >= 11 is 0. The molecule has 98 valence electrons. The van der Waals surface area contributed by atoms with Crippen LogP contribution in [0.4, 0.5) is 0 Å². The van der Waals surface area contributed by atoms with E-state index in [4.69, 9.17) is 4.74 Å². The van der Waals surface area contributed by atoms with Gasteiger partial charge < -0.3 is 9.84 Å². The summed E-state index contributed by atoms with van der Waals surface area (Å²) in [6.45, 7) is 4.57. The van der Waals surface area contributed by atoms with Gasteiger partial charge in [-0.1, -0.05) is 12.1 Å². The highest BCUT2D eigenvalue weighted by Gasteiger charge is 2.07. The first kappa shape index (κ1) is 13.1. The minimum atomic E-state index is 0.000727. The van der Waals surface area contributed by atoms with Gasteiger partial charge in [0.05, 0.1) is 12.2 Å². The van der Waals surface area contributed by atoms with E-state index in [9.17, 15) is 9.90 Å². The van der Waals surface area contributed by atoms with Crippen molar-refractivity contribution in [2.75, 3.05) is 6.61 Å². The van der Waals surface area contributed by atoms with Crippen LogP contribution in [0.3, 0.4) is 0 Å². The lowest BCUT2D eigenvalue weighted by atomic mass is 9.99. The molecule has 0 heterocycles. The molecule has 0 aliphatic rings. The van der Waals surface area contributed by atoms with E-state index < -0.39 is 0 Å². The highest BCUT2D eigenvalue weighted by Crippen LogP contribution is 2.30. The van der Waals surface area contributed by atoms with Crippen molar-refractivity contribution in [1.29, 1.82) is 0 Å². The van der Waals surface area contributed by atoms with Gasteiger partial charge in [-0.05, 0) is 54.8 Å². The van der Waals surface area contributed by atoms with Crippen LogP contribution in [0.15, 0.2) is 36.4 Å². The lowest BCUT2D eigenvalue weighted by Crippen LogP contribution is -1.93. The van der Waals surface area contributed by atoms with Gasteiger partial charge in [-0.25, -0.2) is 0 Å². The van der Waals surface area contributed by atoms with E-state index in [1.807, 2.05) is 38.1 Å². The number of aromatic hydroxyl groups is 1. The van der Waals surface area contributed by atoms with Crippen LogP contribution in [0, 0.1) is 6.92 Å². The Morgan fingerprint density at radius 3 is 2.58 bits per heavy atom. The van der Waals surface area contributed by atoms with Crippen molar-refractivity contribution >= 4 is 6.29 Å². The summed E-state index contributed by atoms with van der Waals surface area (Å²) in [5.41, 5.74) is 3.25. The number of aryl methyl sites for hydroxylation is 1. The van der Waals surface area contributed by atoms with E-state index in [0.717, 1.165) is 22.4 Å². The maximum absolute atomic E-state index is 10.7. The average molecular weight is 256 g/mol. The van der Waals surface area contributed by atoms with Crippen LogP contribution in [0.1, 0.15) is 22.8 Å². The SMILES string of the molecule is CCOc1ccc(-c2ccc(C=O)c(O)c2)c(C)c1. The van der Waals surface area contributed by atoms with Gasteiger partial charge in [-0.2, -0.15) is 0 Å². The van der Waals surface area contributed by atoms with Gasteiger partial charge in [0.15, 0.2) is 6.29 Å². The molecule has 0 saturated carbocycles. The van der Waals surface area contributed by atoms with E-state index in [2.05, 4.69) is 0 Å². The van der Waals surface area contributed by atoms with Gasteiger partial charge in [0, 0.05) is 0 Å². The second kappa shape index (κ2) is 5.57. The molecule has 0 aliphatic carbocycles. The topological polar surface area (TPSA) is 46.5 Å². The molecule has 0 saturated heterocycles. The molecule has 3 nitrogen and oxygen atoms in total. The van der Waals surface area contributed by atoms with E-state index in [1.165, 1.54) is 0 Å². The average Bonchev–Trinajstić information content (AvgIpc) is 2.39. The first-order chi connectivity index (χ1) is 9.15. The van der Waals surface area contributed by atoms with E-state index >= 15 is 0 Å². The number of ether oxygens (including phenoxy) is 1. The number of benzene rings is 2. The van der Waals surface area contributed by atoms with Crippen molar-refractivity contribution in [3.63, 3.8) is 0 Å². The van der Waals surface area contributed by atoms with Gasteiger partial charge in [0.25, 0.3) is 0 Å². The van der Waals surface area contributed by atoms with Crippen LogP contribution in [0.2, 0.25) is 0 Å². The Bertz CT molecular complexity index is 603. The second-order valence-corrected chi connectivity index (χ2v) is 4.30. The molecular formula is C16H16O3. The Balaban J connectivity index is 2.41. The zero-order chi connectivity index (χ0) is 13.8. The minimum absolute atomic E-state index is 0.000727. The molecule has 0 aromatic heterocycles. The van der Waals surface area contributed by atoms with Crippen LogP contribution >= 0.6 is 0 Å². The number of hydrogen-bond acceptors (Lipinski definition) is 3. The molecule has 0 fully saturated rings. The monoisotopic (exact) mass is 256 g/mol. The third-order valence-electron chi connectivity index (χ3n) is 2.98. The number of hydrogen-bond donors (Lipinski definition) is 1. The van der Waals surface area contributed by atoms with Crippen molar-refractivity contribution in [1.82, 2.24) is 0 Å². The molecule has 0 unspecified atom stereocenters. The van der Waals surface area contributed by atoms with Crippen LogP contribution in [-0.4, -0.2) is 18.0 Å². The van der Waals surface area contributed by atoms with Crippen molar-refractivity contribution < 1.29 is 14.6 Å². The number of phenols is 1. The Morgan fingerprint density at radius 2 is 2.00 bits per heavy atom. The summed E-state index contributed by atoms with van der Waals surface area (Å²) in [5, 5.41) is 9.73. The quantitative estimate of drug-likeness (QED) is 0.850. The van der Waals surface area contributed by atoms with Crippen LogP contribution in [-0.2, 0) is 0 Å². The predicted molar refractivity (Wildman–Crippen MR) is 74.8 cm³/mol. The Labute approximate surface area is 112 Å². The number of carbonyl (C=O) groups is 1. The first-order valence-corrected chi connectivity index (χ1v) is 6.17. The maximum Gasteiger partial charge on any atom is 0.153 e. The molecule has 1 N–H and O–H groups in total. The Kier molecular flexibility index (Phi) is 3.85. The summed E-state index contributed by atoms with van der Waals surface area (Å²) < 4.78 is 5.44. The summed E-state index contributed by atoms with van der Waals surface area (Å²) in [7, 11) is 0. The normalized spacial score (nSPS) is 10.2. The van der Waals surface area contributed by atoms with Crippen LogP contribution < -0.4 is 4.74 Å². The molecule has 3 heteroatoms. The molecule has 0 spiro atoms. The number of rotatable bonds is 4. The molecule has 0 amide bonds. The Morgan fingerprint density at radius 1 is 1.21 bits per heavy atom. The highest BCUT2D eigenvalue weighted by molar-refractivity contribution is 5.82. The summed E-state index contributed by atoms with van der Waals surface area (Å²) in [4.78, 5) is 10.7. The molecule has 0 atom stereocenters. The fourth-order valence-electron chi connectivity index (χ4n) is 2.03. The molecule has 2 rings (SSSR count). The van der Waals surface area contributed by atoms with E-state index in [0.29, 0.717) is 18.5 Å². The van der Waals surface area contributed by atoms with Crippen LogP contribution in [0.25, 0.3) is 11.1 Å². The van der Waals surface area contributed by atoms with Gasteiger partial charge in [-0.15, -0.1) is 0 Å². The Hall–Kier alpha value is -2.29. The third kappa shape index (κ3) is 2.76. The predicted octanol–water partition coefficient (Wildman–Crippen LogP) is 3.58. The second-order valence-electron chi connectivity index (χ2n) is 4.30. The first-order valence-electron chi connectivity index (χ1n) is 6.17. The van der Waals surface area contributed by atoms with Crippen molar-refractivity contribution in [2.24, 2.45) is 0 Å². The summed E-state index contributed by atoms with van der Waals surface area (Å²) in [6, 6.07) is 10.9. The number of aldehydes is 1. The van der Waals surface area contributed by atoms with Gasteiger partial charge in [0.2, 0.25) is 0 Å². The number of carbonyl (C=O) groups excluding carboxylic acids is 1. The molecule has 0 radical (unpaired) electrons. The fourth-order valence-corrected chi connectivity index (χ4v) is 2.03. The number of phenolic OH excluding ortho intramolecular Hbond substituents is 1. The summed E-state index contributed by atoms with van der Waals surface area (Å²) in [5.74, 6) is 0.832. The van der Waals surface area contributed by atoms with E-state index in [-0.39, 0.29) is 5.75 Å². The lowest BCUT2D eigenvalue weighted by molar-refractivity contribution is 0.112. The standard InChI is InChI=1S/C16H16O3/c1-3-19-14-6-7-15(11(2)8-14)12-4-5-13(10-17)16(18)9-12/h4-10,18H,3H2,1-2H3. The molecule has 0 bridgehead atoms. The molecule has 0 aliphatic heterocycles. The third-order valence-corrected chi connectivity index (χ3v) is 2.98. The van der Waals surface area contributed by atoms with Gasteiger partial charge in [0.1, 0.15) is 11.5 Å². The largest absolute Gasteiger partial charge is 0.507 e. The van der Waals surface area contributed by atoms with Crippen molar-refractivity contribution in [3.05, 3.63) is 47.5 Å². The minimum Gasteiger partial charge on any atom is -0.507 e. The molecule has 2 aromatic rings. The zero-order valence-electron chi connectivity index (χ0n) is 11.0. The maximum atomic E-state index is 10.7. The fraction of sp³-hybridized carbons (Fsp3) is 0.188. The van der Waals surface area contributed by atoms with Gasteiger partial charge >= 0.3 is 0 Å². The highest BCUT2D eigenvalue weighted by atomic mass is 16.5.